The van der Waals surface area contributed by atoms with Crippen molar-refractivity contribution in [2.24, 2.45) is 5.41 Å². The van der Waals surface area contributed by atoms with Gasteiger partial charge in [-0.15, -0.1) is 0 Å². The number of benzene rings is 1. The zero-order valence-electron chi connectivity index (χ0n) is 16.9. The molecule has 9 heteroatoms. The number of carbonyl (C=O) groups is 1. The summed E-state index contributed by atoms with van der Waals surface area (Å²) in [5, 5.41) is 20.9. The summed E-state index contributed by atoms with van der Waals surface area (Å²) in [5.41, 5.74) is -1.05. The van der Waals surface area contributed by atoms with Crippen molar-refractivity contribution < 1.29 is 9.90 Å². The predicted molar refractivity (Wildman–Crippen MR) is 110 cm³/mol. The number of anilines is 3. The lowest BCUT2D eigenvalue weighted by atomic mass is 9.88. The Labute approximate surface area is 162 Å². The number of H-pyrrole nitrogens is 2. The van der Waals surface area contributed by atoms with Crippen LogP contribution in [0.25, 0.3) is 0 Å². The average molecular weight is 389 g/mol. The number of phenolic OH excluding ortho intramolecular Hbond substituents is 1. The Morgan fingerprint density at radius 2 is 1.68 bits per heavy atom. The van der Waals surface area contributed by atoms with Gasteiger partial charge in [-0.2, -0.15) is 0 Å². The largest absolute Gasteiger partial charge is 0.505 e. The van der Waals surface area contributed by atoms with Gasteiger partial charge in [0.15, 0.2) is 5.75 Å². The average Bonchev–Trinajstić information content (AvgIpc) is 2.60. The summed E-state index contributed by atoms with van der Waals surface area (Å²) in [6, 6.07) is 4.43. The molecule has 5 N–H and O–H groups in total. The first-order valence-corrected chi connectivity index (χ1v) is 8.85. The van der Waals surface area contributed by atoms with E-state index >= 15 is 0 Å². The highest BCUT2D eigenvalue weighted by Gasteiger charge is 2.24. The van der Waals surface area contributed by atoms with Crippen LogP contribution in [0.2, 0.25) is 0 Å². The van der Waals surface area contributed by atoms with Crippen molar-refractivity contribution in [3.05, 3.63) is 44.5 Å². The van der Waals surface area contributed by atoms with Crippen molar-refractivity contribution in [3.8, 4) is 5.75 Å². The van der Waals surface area contributed by atoms with E-state index in [1.807, 2.05) is 27.7 Å². The molecule has 9 nitrogen and oxygen atoms in total. The summed E-state index contributed by atoms with van der Waals surface area (Å²) in [4.78, 5) is 38.3. The smallest absolute Gasteiger partial charge is 0.288 e. The first-order valence-electron chi connectivity index (χ1n) is 8.85. The zero-order valence-corrected chi connectivity index (χ0v) is 16.9. The molecular weight excluding hydrogens is 362 g/mol. The summed E-state index contributed by atoms with van der Waals surface area (Å²) in [6.07, 6.45) is 0. The van der Waals surface area contributed by atoms with Crippen LogP contribution in [0.3, 0.4) is 0 Å². The van der Waals surface area contributed by atoms with Gasteiger partial charge >= 0.3 is 0 Å². The van der Waals surface area contributed by atoms with Crippen LogP contribution in [0.4, 0.5) is 17.1 Å². The number of carbonyl (C=O) groups excluding carboxylic acids is 1. The molecule has 0 spiro atoms. The van der Waals surface area contributed by atoms with E-state index < -0.39 is 11.1 Å². The van der Waals surface area contributed by atoms with Crippen LogP contribution in [0.5, 0.6) is 5.75 Å². The van der Waals surface area contributed by atoms with Crippen molar-refractivity contribution in [1.82, 2.24) is 15.1 Å². The van der Waals surface area contributed by atoms with Gasteiger partial charge in [0.2, 0.25) is 0 Å². The molecule has 1 amide bonds. The molecule has 0 bridgehead atoms. The Morgan fingerprint density at radius 3 is 2.21 bits per heavy atom. The molecular formula is C19H27N5O4. The Bertz CT molecular complexity index is 985. The van der Waals surface area contributed by atoms with Crippen LogP contribution in [-0.4, -0.2) is 46.2 Å². The lowest BCUT2D eigenvalue weighted by Gasteiger charge is -2.29. The van der Waals surface area contributed by atoms with Crippen molar-refractivity contribution in [1.29, 1.82) is 0 Å². The molecule has 0 radical (unpaired) electrons. The third kappa shape index (κ3) is 4.36. The summed E-state index contributed by atoms with van der Waals surface area (Å²) in [5.74, 6) is -0.698. The van der Waals surface area contributed by atoms with Crippen LogP contribution in [0.15, 0.2) is 27.8 Å². The zero-order chi connectivity index (χ0) is 21.2. The number of nitrogens with zero attached hydrogens (tertiary/aromatic N) is 1. The molecule has 0 saturated heterocycles. The van der Waals surface area contributed by atoms with Crippen molar-refractivity contribution >= 4 is 23.0 Å². The van der Waals surface area contributed by atoms with Gasteiger partial charge in [-0.25, -0.2) is 0 Å². The number of nitrogens with one attached hydrogen (secondary N) is 4. The van der Waals surface area contributed by atoms with Crippen LogP contribution < -0.4 is 21.8 Å². The number of aromatic amines is 2. The third-order valence-corrected chi connectivity index (χ3v) is 4.59. The topological polar surface area (TPSA) is 130 Å². The second-order valence-corrected chi connectivity index (χ2v) is 7.92. The molecule has 2 rings (SSSR count). The maximum Gasteiger partial charge on any atom is 0.288 e. The number of aromatic nitrogens is 2. The van der Waals surface area contributed by atoms with Gasteiger partial charge in [-0.3, -0.25) is 24.6 Å². The molecule has 1 aromatic carbocycles. The fraction of sp³-hybridized carbons (Fsp3) is 0.421. The van der Waals surface area contributed by atoms with Crippen LogP contribution in [0, 0.1) is 5.41 Å². The van der Waals surface area contributed by atoms with E-state index in [4.69, 9.17) is 0 Å². The van der Waals surface area contributed by atoms with Crippen LogP contribution in [-0.2, 0) is 0 Å². The van der Waals surface area contributed by atoms with E-state index in [1.54, 1.807) is 20.2 Å². The molecule has 152 valence electrons. The number of aromatic hydroxyl groups is 1. The van der Waals surface area contributed by atoms with Crippen molar-refractivity contribution in [2.45, 2.75) is 33.7 Å². The molecule has 0 aliphatic heterocycles. The first-order chi connectivity index (χ1) is 12.9. The van der Waals surface area contributed by atoms with Gasteiger partial charge in [-0.05, 0) is 24.5 Å². The number of para-hydroxylation sites is 1. The SMILES string of the molecule is CC(Nc1c(Nc2cccc(C(=O)N(C)C)c2O)c(=O)[nH][nH]c1=O)C(C)(C)C. The summed E-state index contributed by atoms with van der Waals surface area (Å²) >= 11 is 0. The van der Waals surface area contributed by atoms with Crippen LogP contribution in [0.1, 0.15) is 38.1 Å². The molecule has 1 atom stereocenters. The summed E-state index contributed by atoms with van der Waals surface area (Å²) < 4.78 is 0. The third-order valence-electron chi connectivity index (χ3n) is 4.59. The number of rotatable bonds is 5. The van der Waals surface area contributed by atoms with E-state index in [0.717, 1.165) is 0 Å². The maximum absolute atomic E-state index is 12.4. The highest BCUT2D eigenvalue weighted by Crippen LogP contribution is 2.32. The van der Waals surface area contributed by atoms with E-state index in [-0.39, 0.29) is 45.7 Å². The normalized spacial score (nSPS) is 12.4. The van der Waals surface area contributed by atoms with Gasteiger partial charge in [0.1, 0.15) is 11.4 Å². The highest BCUT2D eigenvalue weighted by atomic mass is 16.3. The van der Waals surface area contributed by atoms with Crippen molar-refractivity contribution in [3.63, 3.8) is 0 Å². The minimum Gasteiger partial charge on any atom is -0.505 e. The molecule has 1 unspecified atom stereocenters. The van der Waals surface area contributed by atoms with Gasteiger partial charge in [0.25, 0.3) is 17.0 Å². The molecule has 0 fully saturated rings. The van der Waals surface area contributed by atoms with E-state index in [9.17, 15) is 19.5 Å². The minimum absolute atomic E-state index is 0.0508. The minimum atomic E-state index is -0.577. The number of hydrogen-bond acceptors (Lipinski definition) is 6. The lowest BCUT2D eigenvalue weighted by Crippen LogP contribution is -2.35. The second-order valence-electron chi connectivity index (χ2n) is 7.92. The Balaban J connectivity index is 2.52. The van der Waals surface area contributed by atoms with Gasteiger partial charge in [0, 0.05) is 20.1 Å². The maximum atomic E-state index is 12.4. The Hall–Kier alpha value is -3.23. The molecule has 0 aliphatic rings. The number of phenols is 1. The summed E-state index contributed by atoms with van der Waals surface area (Å²) in [7, 11) is 3.14. The van der Waals surface area contributed by atoms with E-state index in [1.165, 1.54) is 17.0 Å². The second kappa shape index (κ2) is 7.79. The molecule has 1 aromatic heterocycles. The Morgan fingerprint density at radius 1 is 1.11 bits per heavy atom. The van der Waals surface area contributed by atoms with Gasteiger partial charge in [0.05, 0.1) is 11.3 Å². The van der Waals surface area contributed by atoms with E-state index in [2.05, 4.69) is 20.8 Å². The quantitative estimate of drug-likeness (QED) is 0.498. The highest BCUT2D eigenvalue weighted by molar-refractivity contribution is 5.98. The molecule has 0 aliphatic carbocycles. The predicted octanol–water partition coefficient (Wildman–Crippen LogP) is 2.06. The molecule has 1 heterocycles. The number of hydrogen-bond donors (Lipinski definition) is 5. The van der Waals surface area contributed by atoms with Crippen LogP contribution >= 0.6 is 0 Å². The standard InChI is InChI=1S/C19H27N5O4/c1-10(19(2,3)4)20-13-14(17(27)23-22-16(13)26)21-12-9-7-8-11(15(12)25)18(28)24(5)6/h7-10,25H,1-6H3,(H2,20,23,27)(H2,21,22,26). The molecule has 0 saturated carbocycles. The van der Waals surface area contributed by atoms with Gasteiger partial charge in [-0.1, -0.05) is 26.8 Å². The van der Waals surface area contributed by atoms with E-state index in [0.29, 0.717) is 0 Å². The lowest BCUT2D eigenvalue weighted by molar-refractivity contribution is 0.0824. The first kappa shape index (κ1) is 21.1. The Kier molecular flexibility index (Phi) is 5.86. The molecule has 2 aromatic rings. The fourth-order valence-corrected chi connectivity index (χ4v) is 2.35. The van der Waals surface area contributed by atoms with Gasteiger partial charge < -0.3 is 20.6 Å². The fourth-order valence-electron chi connectivity index (χ4n) is 2.35. The van der Waals surface area contributed by atoms with Crippen molar-refractivity contribution in [2.75, 3.05) is 24.7 Å². The monoisotopic (exact) mass is 389 g/mol. The molecule has 28 heavy (non-hydrogen) atoms. The number of amides is 1. The summed E-state index contributed by atoms with van der Waals surface area (Å²) in [6.45, 7) is 7.90.